The van der Waals surface area contributed by atoms with Gasteiger partial charge in [-0.3, -0.25) is 14.5 Å². The molecule has 1 aliphatic heterocycles. The lowest BCUT2D eigenvalue weighted by atomic mass is 9.98. The number of Topliss-reactive ketones (excluding diaryl/α,β-unsaturated/α-hetero) is 1. The van der Waals surface area contributed by atoms with E-state index in [0.717, 1.165) is 5.56 Å². The van der Waals surface area contributed by atoms with E-state index in [1.165, 1.54) is 4.90 Å². The van der Waals surface area contributed by atoms with Crippen LogP contribution in [0.4, 0.5) is 5.69 Å². The molecule has 0 aliphatic carbocycles. The molecule has 0 saturated carbocycles. The molecule has 4 rings (SSSR count). The highest BCUT2D eigenvalue weighted by Crippen LogP contribution is 2.43. The molecule has 1 fully saturated rings. The lowest BCUT2D eigenvalue weighted by molar-refractivity contribution is -0.132. The van der Waals surface area contributed by atoms with Gasteiger partial charge in [-0.25, -0.2) is 0 Å². The third-order valence-electron chi connectivity index (χ3n) is 5.90. The Morgan fingerprint density at radius 2 is 1.83 bits per heavy atom. The van der Waals surface area contributed by atoms with Gasteiger partial charge in [0.05, 0.1) is 18.8 Å². The van der Waals surface area contributed by atoms with E-state index in [-0.39, 0.29) is 11.3 Å². The minimum atomic E-state index is -0.937. The lowest BCUT2D eigenvalue weighted by Crippen LogP contribution is -2.29. The van der Waals surface area contributed by atoms with Crippen molar-refractivity contribution >= 4 is 23.1 Å². The van der Waals surface area contributed by atoms with Crippen molar-refractivity contribution in [2.75, 3.05) is 18.1 Å². The van der Waals surface area contributed by atoms with E-state index < -0.39 is 17.7 Å². The van der Waals surface area contributed by atoms with Crippen molar-refractivity contribution in [3.05, 3.63) is 82.8 Å². The molecule has 1 saturated heterocycles. The highest BCUT2D eigenvalue weighted by Gasteiger charge is 2.48. The minimum absolute atomic E-state index is 0.0357. The molecule has 2 aromatic carbocycles. The zero-order chi connectivity index (χ0) is 26.0. The normalized spacial score (nSPS) is 17.2. The number of hydrogen-bond donors (Lipinski definition) is 1. The van der Waals surface area contributed by atoms with Crippen LogP contribution in [0.15, 0.2) is 64.6 Å². The minimum Gasteiger partial charge on any atom is -0.507 e. The number of carbonyl (C=O) groups excluding carboxylic acids is 2. The first-order valence-corrected chi connectivity index (χ1v) is 12.0. The van der Waals surface area contributed by atoms with Crippen LogP contribution in [0.1, 0.15) is 49.5 Å². The number of ether oxygens (including phenoxy) is 2. The van der Waals surface area contributed by atoms with Crippen LogP contribution in [0.3, 0.4) is 0 Å². The Balaban J connectivity index is 1.82. The number of aryl methyl sites for hydroxylation is 2. The monoisotopic (exact) mass is 489 g/mol. The molecule has 1 aliphatic rings. The topological polar surface area (TPSA) is 89.2 Å². The van der Waals surface area contributed by atoms with Crippen LogP contribution < -0.4 is 14.4 Å². The highest BCUT2D eigenvalue weighted by molar-refractivity contribution is 6.51. The summed E-state index contributed by atoms with van der Waals surface area (Å²) < 4.78 is 17.3. The van der Waals surface area contributed by atoms with Gasteiger partial charge in [-0.2, -0.15) is 0 Å². The van der Waals surface area contributed by atoms with E-state index >= 15 is 0 Å². The summed E-state index contributed by atoms with van der Waals surface area (Å²) in [5.41, 5.74) is 1.66. The molecule has 1 N–H and O–H groups in total. The molecule has 0 radical (unpaired) electrons. The Morgan fingerprint density at radius 1 is 1.06 bits per heavy atom. The van der Waals surface area contributed by atoms with E-state index in [4.69, 9.17) is 13.9 Å². The van der Waals surface area contributed by atoms with Gasteiger partial charge >= 0.3 is 0 Å². The van der Waals surface area contributed by atoms with Gasteiger partial charge in [-0.15, -0.1) is 0 Å². The Morgan fingerprint density at radius 3 is 2.47 bits per heavy atom. The maximum absolute atomic E-state index is 13.3. The maximum atomic E-state index is 13.3. The average Bonchev–Trinajstić information content (AvgIpc) is 3.38. The fourth-order valence-corrected chi connectivity index (χ4v) is 4.23. The van der Waals surface area contributed by atoms with Crippen molar-refractivity contribution < 1.29 is 28.6 Å². The van der Waals surface area contributed by atoms with E-state index in [1.807, 2.05) is 13.8 Å². The molecule has 0 bridgehead atoms. The summed E-state index contributed by atoms with van der Waals surface area (Å²) in [4.78, 5) is 28.0. The van der Waals surface area contributed by atoms with Crippen LogP contribution in [0, 0.1) is 19.8 Å². The summed E-state index contributed by atoms with van der Waals surface area (Å²) in [6, 6.07) is 14.7. The predicted octanol–water partition coefficient (Wildman–Crippen LogP) is 5.96. The molecule has 7 heteroatoms. The van der Waals surface area contributed by atoms with Crippen molar-refractivity contribution in [1.29, 1.82) is 0 Å². The summed E-state index contributed by atoms with van der Waals surface area (Å²) in [6.07, 6.45) is 0. The first-order chi connectivity index (χ1) is 17.2. The summed E-state index contributed by atoms with van der Waals surface area (Å²) in [6.45, 7) is 10.7. The second-order valence-electron chi connectivity index (χ2n) is 9.23. The van der Waals surface area contributed by atoms with E-state index in [9.17, 15) is 14.7 Å². The summed E-state index contributed by atoms with van der Waals surface area (Å²) in [5.74, 6) is 0.834. The second kappa shape index (κ2) is 10.3. The molecule has 1 aromatic heterocycles. The standard InChI is InChI=1S/C29H31NO6/c1-6-34-22-9-7-8-21(15-22)30-26(24-12-10-19(5)36-24)25(28(32)29(30)33)27(31)20-11-13-23(18(4)14-20)35-16-17(2)3/h7-15,17,26,31H,6,16H2,1-5H3/b27-25-. The van der Waals surface area contributed by atoms with Crippen molar-refractivity contribution in [1.82, 2.24) is 0 Å². The number of anilines is 1. The molecule has 1 atom stereocenters. The number of nitrogens with zero attached hydrogens (tertiary/aromatic N) is 1. The van der Waals surface area contributed by atoms with Gasteiger partial charge in [0.25, 0.3) is 11.7 Å². The molecule has 1 amide bonds. The van der Waals surface area contributed by atoms with E-state index in [1.54, 1.807) is 61.5 Å². The van der Waals surface area contributed by atoms with Crippen LogP contribution in [-0.4, -0.2) is 30.0 Å². The number of hydrogen-bond acceptors (Lipinski definition) is 6. The van der Waals surface area contributed by atoms with Crippen molar-refractivity contribution in [2.45, 2.75) is 40.7 Å². The van der Waals surface area contributed by atoms with E-state index in [0.29, 0.717) is 53.4 Å². The Bertz CT molecular complexity index is 1320. The smallest absolute Gasteiger partial charge is 0.300 e. The zero-order valence-corrected chi connectivity index (χ0v) is 21.2. The number of aliphatic hydroxyl groups is 1. The van der Waals surface area contributed by atoms with Crippen molar-refractivity contribution in [3.63, 3.8) is 0 Å². The number of ketones is 1. The fraction of sp³-hybridized carbons (Fsp3) is 0.310. The molecule has 36 heavy (non-hydrogen) atoms. The number of furan rings is 1. The molecule has 7 nitrogen and oxygen atoms in total. The quantitative estimate of drug-likeness (QED) is 0.239. The molecule has 0 spiro atoms. The van der Waals surface area contributed by atoms with Gasteiger partial charge in [-0.05, 0) is 74.7 Å². The Kier molecular flexibility index (Phi) is 7.20. The van der Waals surface area contributed by atoms with Gasteiger partial charge in [-0.1, -0.05) is 19.9 Å². The molecule has 3 aromatic rings. The number of carbonyl (C=O) groups is 2. The summed E-state index contributed by atoms with van der Waals surface area (Å²) in [7, 11) is 0. The second-order valence-corrected chi connectivity index (χ2v) is 9.23. The van der Waals surface area contributed by atoms with Gasteiger partial charge in [0.2, 0.25) is 0 Å². The largest absolute Gasteiger partial charge is 0.507 e. The van der Waals surface area contributed by atoms with Gasteiger partial charge < -0.3 is 19.0 Å². The van der Waals surface area contributed by atoms with Crippen LogP contribution in [-0.2, 0) is 9.59 Å². The van der Waals surface area contributed by atoms with Crippen LogP contribution in [0.2, 0.25) is 0 Å². The first-order valence-electron chi connectivity index (χ1n) is 12.0. The lowest BCUT2D eigenvalue weighted by Gasteiger charge is -2.24. The Hall–Kier alpha value is -4.00. The number of aliphatic hydroxyl groups excluding tert-OH is 1. The molecular formula is C29H31NO6. The molecule has 188 valence electrons. The van der Waals surface area contributed by atoms with Gasteiger partial charge in [0, 0.05) is 17.3 Å². The fourth-order valence-electron chi connectivity index (χ4n) is 4.23. The van der Waals surface area contributed by atoms with Crippen LogP contribution >= 0.6 is 0 Å². The summed E-state index contributed by atoms with van der Waals surface area (Å²) >= 11 is 0. The Labute approximate surface area is 210 Å². The van der Waals surface area contributed by atoms with Crippen LogP contribution in [0.25, 0.3) is 5.76 Å². The third-order valence-corrected chi connectivity index (χ3v) is 5.90. The van der Waals surface area contributed by atoms with Crippen molar-refractivity contribution in [2.24, 2.45) is 5.92 Å². The number of amides is 1. The average molecular weight is 490 g/mol. The predicted molar refractivity (Wildman–Crippen MR) is 137 cm³/mol. The number of benzene rings is 2. The van der Waals surface area contributed by atoms with E-state index in [2.05, 4.69) is 13.8 Å². The zero-order valence-electron chi connectivity index (χ0n) is 21.2. The maximum Gasteiger partial charge on any atom is 0.300 e. The third kappa shape index (κ3) is 4.87. The van der Waals surface area contributed by atoms with Gasteiger partial charge in [0.15, 0.2) is 0 Å². The van der Waals surface area contributed by atoms with Crippen LogP contribution in [0.5, 0.6) is 11.5 Å². The molecule has 1 unspecified atom stereocenters. The summed E-state index contributed by atoms with van der Waals surface area (Å²) in [5, 5.41) is 11.4. The SMILES string of the molecule is CCOc1cccc(N2C(=O)C(=O)/C(=C(\O)c3ccc(OCC(C)C)c(C)c3)C2c2ccc(C)o2)c1. The molecule has 2 heterocycles. The first kappa shape index (κ1) is 25.1. The molecular weight excluding hydrogens is 458 g/mol. The van der Waals surface area contributed by atoms with Gasteiger partial charge in [0.1, 0.15) is 34.8 Å². The number of rotatable bonds is 8. The van der Waals surface area contributed by atoms with Crippen molar-refractivity contribution in [3.8, 4) is 11.5 Å². The highest BCUT2D eigenvalue weighted by atomic mass is 16.5.